The fourth-order valence-corrected chi connectivity index (χ4v) is 2.85. The van der Waals surface area contributed by atoms with Crippen molar-refractivity contribution >= 4 is 28.1 Å². The number of carbonyl (C=O) groups is 1. The number of nitrogens with two attached hydrogens (primary N) is 1. The smallest absolute Gasteiger partial charge is 0.230 e. The van der Waals surface area contributed by atoms with E-state index in [0.29, 0.717) is 0 Å². The number of nitrogens with zero attached hydrogens (tertiary/aromatic N) is 1. The third-order valence-electron chi connectivity index (χ3n) is 3.67. The highest BCUT2D eigenvalue weighted by Gasteiger charge is 2.08. The Balaban J connectivity index is 1.79. The number of aliphatic hydroxyl groups is 1. The van der Waals surface area contributed by atoms with Gasteiger partial charge in [0.25, 0.3) is 0 Å². The lowest BCUT2D eigenvalue weighted by atomic mass is 10.00. The summed E-state index contributed by atoms with van der Waals surface area (Å²) in [7, 11) is 0. The number of hydrogen-bond acceptors (Lipinski definition) is 5. The molecule has 0 saturated carbocycles. The fraction of sp³-hybridized carbons (Fsp3) is 0.304. The lowest BCUT2D eigenvalue weighted by Gasteiger charge is -2.11. The molecular weight excluding hydrogens is 382 g/mol. The van der Waals surface area contributed by atoms with E-state index in [0.717, 1.165) is 11.3 Å². The Bertz CT molecular complexity index is 1400. The van der Waals surface area contributed by atoms with Crippen LogP contribution in [0, 0.1) is 6.92 Å². The number of nitrogen functional groups attached to an aromatic ring is 1. The van der Waals surface area contributed by atoms with E-state index in [1.807, 2.05) is 0 Å². The van der Waals surface area contributed by atoms with Crippen molar-refractivity contribution < 1.29 is 25.0 Å². The number of aryl methyl sites for hydroxylation is 1. The van der Waals surface area contributed by atoms with E-state index >= 15 is 0 Å². The van der Waals surface area contributed by atoms with Crippen LogP contribution in [0.1, 0.15) is 62.7 Å². The van der Waals surface area contributed by atoms with Crippen molar-refractivity contribution in [3.05, 3.63) is 76.2 Å². The number of hydrogen-bond donors (Lipinski definition) is 3. The Kier molecular flexibility index (Phi) is 3.83. The number of rotatable bonds is 9. The molecule has 29 heavy (non-hydrogen) atoms. The number of aliphatic hydroxyl groups excluding tert-OH is 1. The molecule has 0 aliphatic carbocycles. The largest absolute Gasteiger partial charge is 0.388 e. The number of thiazole rings is 1. The average molecular weight is 421 g/mol. The number of aromatic nitrogens is 1. The second-order valence-corrected chi connectivity index (χ2v) is 6.85. The van der Waals surface area contributed by atoms with Crippen molar-refractivity contribution in [1.29, 1.82) is 0 Å². The van der Waals surface area contributed by atoms with Gasteiger partial charge in [0.2, 0.25) is 5.91 Å². The van der Waals surface area contributed by atoms with Crippen molar-refractivity contribution in [2.24, 2.45) is 0 Å². The first-order valence-electron chi connectivity index (χ1n) is 14.2. The summed E-state index contributed by atoms with van der Waals surface area (Å²) >= 11 is 0.931. The molecular formula is C23H27N3O2S. The van der Waals surface area contributed by atoms with E-state index in [2.05, 4.69) is 10.3 Å². The third kappa shape index (κ3) is 6.69. The molecule has 0 aliphatic heterocycles. The first kappa shape index (κ1) is 10.9. The highest BCUT2D eigenvalue weighted by atomic mass is 32.1. The van der Waals surface area contributed by atoms with Crippen LogP contribution in [0.5, 0.6) is 0 Å². The minimum Gasteiger partial charge on any atom is -0.388 e. The van der Waals surface area contributed by atoms with Crippen LogP contribution in [-0.2, 0) is 17.6 Å². The van der Waals surface area contributed by atoms with Gasteiger partial charge in [0.1, 0.15) is 0 Å². The molecule has 0 spiro atoms. The number of amides is 1. The zero-order valence-electron chi connectivity index (χ0n) is 26.6. The maximum Gasteiger partial charge on any atom is 0.230 e. The summed E-state index contributed by atoms with van der Waals surface area (Å²) in [5.74, 6) is -0.501. The molecule has 1 aromatic heterocycles. The molecule has 2 aromatic carbocycles. The van der Waals surface area contributed by atoms with Crippen molar-refractivity contribution in [3.8, 4) is 0 Å². The second kappa shape index (κ2) is 10.2. The molecule has 3 rings (SSSR count). The summed E-state index contributed by atoms with van der Waals surface area (Å²) in [4.78, 5) is 16.2. The fourth-order valence-electron chi connectivity index (χ4n) is 2.35. The van der Waals surface area contributed by atoms with Gasteiger partial charge >= 0.3 is 0 Å². The normalized spacial score (nSPS) is 18.9. The van der Waals surface area contributed by atoms with E-state index in [9.17, 15) is 9.90 Å². The monoisotopic (exact) mass is 420 g/mol. The highest BCUT2D eigenvalue weighted by Crippen LogP contribution is 2.21. The van der Waals surface area contributed by atoms with Crippen LogP contribution >= 0.6 is 11.3 Å². The Labute approximate surface area is 191 Å². The van der Waals surface area contributed by atoms with Gasteiger partial charge < -0.3 is 16.2 Å². The van der Waals surface area contributed by atoms with Crippen LogP contribution in [0.2, 0.25) is 0 Å². The molecule has 1 atom stereocenters. The molecule has 5 nitrogen and oxygen atoms in total. The number of carbonyl (C=O) groups excluding carboxylic acids is 1. The van der Waals surface area contributed by atoms with Crippen molar-refractivity contribution in [2.75, 3.05) is 11.1 Å². The van der Waals surface area contributed by atoms with Gasteiger partial charge in [-0.2, -0.15) is 0 Å². The third-order valence-corrected chi connectivity index (χ3v) is 4.31. The molecule has 1 heterocycles. The van der Waals surface area contributed by atoms with Crippen LogP contribution < -0.4 is 11.1 Å². The lowest BCUT2D eigenvalue weighted by molar-refractivity contribution is -0.115. The Hall–Kier alpha value is -2.70. The summed E-state index contributed by atoms with van der Waals surface area (Å²) in [6.07, 6.45) is -12.2. The second-order valence-electron chi connectivity index (χ2n) is 6.03. The number of benzene rings is 2. The maximum absolute atomic E-state index is 12.3. The molecule has 4 N–H and O–H groups in total. The topological polar surface area (TPSA) is 88.2 Å². The standard InChI is InChI=1S/C23H27N3O2S/c1-16-5-4-7-18(13-16)21(27)8-3-2-6-17-9-11-19(12-10-17)25-22(28)14-20-15-29-23(24)26-20/h4-5,7,9-13,15,21,27H,2-3,6,8,14H2,1H3,(H2,24,26)(H,25,28)/t21-/m0/s1/i2D2,4D,5D,6D2,7D,8D2,13D,15D. The minimum atomic E-state index is -2.91. The molecule has 152 valence electrons. The van der Waals surface area contributed by atoms with Gasteiger partial charge in [-0.15, -0.1) is 11.3 Å². The molecule has 0 radical (unpaired) electrons. The molecule has 0 fully saturated rings. The van der Waals surface area contributed by atoms with Gasteiger partial charge in [-0.05, 0) is 49.3 Å². The molecule has 0 saturated heterocycles. The van der Waals surface area contributed by atoms with Crippen LogP contribution in [0.15, 0.2) is 53.8 Å². The van der Waals surface area contributed by atoms with Gasteiger partial charge in [-0.25, -0.2) is 4.98 Å². The predicted molar refractivity (Wildman–Crippen MR) is 119 cm³/mol. The molecule has 1 amide bonds. The van der Waals surface area contributed by atoms with Gasteiger partial charge in [0, 0.05) is 19.3 Å². The first-order valence-corrected chi connectivity index (χ1v) is 9.49. The molecule has 0 bridgehead atoms. The lowest BCUT2D eigenvalue weighted by Crippen LogP contribution is -2.14. The summed E-state index contributed by atoms with van der Waals surface area (Å²) in [5.41, 5.74) is 5.21. The quantitative estimate of drug-likeness (QED) is 0.470. The van der Waals surface area contributed by atoms with E-state index in [-0.39, 0.29) is 39.4 Å². The Morgan fingerprint density at radius 1 is 1.38 bits per heavy atom. The van der Waals surface area contributed by atoms with Crippen LogP contribution in [0.3, 0.4) is 0 Å². The van der Waals surface area contributed by atoms with Crippen molar-refractivity contribution in [2.45, 2.75) is 45.0 Å². The zero-order valence-corrected chi connectivity index (χ0v) is 16.4. The Morgan fingerprint density at radius 3 is 2.90 bits per heavy atom. The van der Waals surface area contributed by atoms with E-state index in [1.54, 1.807) is 0 Å². The summed E-state index contributed by atoms with van der Waals surface area (Å²) in [6, 6.07) is 2.86. The van der Waals surface area contributed by atoms with E-state index in [4.69, 9.17) is 20.8 Å². The van der Waals surface area contributed by atoms with Gasteiger partial charge in [-0.1, -0.05) is 48.3 Å². The van der Waals surface area contributed by atoms with Crippen LogP contribution in [0.25, 0.3) is 0 Å². The van der Waals surface area contributed by atoms with E-state index in [1.165, 1.54) is 31.2 Å². The van der Waals surface area contributed by atoms with Crippen LogP contribution in [0.4, 0.5) is 10.8 Å². The average Bonchev–Trinajstić information content (AvgIpc) is 3.17. The van der Waals surface area contributed by atoms with Gasteiger partial charge in [-0.3, -0.25) is 4.79 Å². The van der Waals surface area contributed by atoms with Gasteiger partial charge in [0.15, 0.2) is 5.13 Å². The summed E-state index contributed by atoms with van der Waals surface area (Å²) in [5, 5.41) is 13.6. The molecule has 0 unspecified atom stereocenters. The van der Waals surface area contributed by atoms with Gasteiger partial charge in [0.05, 0.1) is 25.1 Å². The predicted octanol–water partition coefficient (Wildman–Crippen LogP) is 4.66. The maximum atomic E-state index is 12.3. The van der Waals surface area contributed by atoms with Crippen LogP contribution in [-0.4, -0.2) is 16.0 Å². The number of anilines is 2. The summed E-state index contributed by atoms with van der Waals surface area (Å²) in [6.45, 7) is 1.32. The molecule has 6 heteroatoms. The summed E-state index contributed by atoms with van der Waals surface area (Å²) < 4.78 is 90.0. The number of nitrogens with one attached hydrogen (secondary N) is 1. The highest BCUT2D eigenvalue weighted by molar-refractivity contribution is 7.13. The van der Waals surface area contributed by atoms with E-state index < -0.39 is 67.3 Å². The minimum absolute atomic E-state index is 0.0489. The SMILES string of the molecule is [2H]c1sc(N)nc1CC(=O)Nc1ccc(C([2H])([2H])C([2H])([2H])CC([2H])([2H])[C@H](O)c2c([2H])c([2H])c([2H])c(C)c2[2H])cc1. The zero-order chi connectivity index (χ0) is 30.4. The first-order chi connectivity index (χ1) is 18.3. The van der Waals surface area contributed by atoms with Crippen molar-refractivity contribution in [3.63, 3.8) is 0 Å². The van der Waals surface area contributed by atoms with Crippen molar-refractivity contribution in [1.82, 2.24) is 4.98 Å². The molecule has 3 aromatic rings. The Morgan fingerprint density at radius 2 is 2.17 bits per heavy atom. The molecule has 0 aliphatic rings.